The average molecular weight is 321 g/mol. The molecule has 2 aromatic heterocycles. The highest BCUT2D eigenvalue weighted by Crippen LogP contribution is 2.24. The van der Waals surface area contributed by atoms with Crippen molar-refractivity contribution in [3.05, 3.63) is 76.6 Å². The Hall–Kier alpha value is -2.95. The molecule has 4 aromatic rings. The molecule has 0 bridgehead atoms. The maximum atomic E-state index is 13.5. The summed E-state index contributed by atoms with van der Waals surface area (Å²) in [5.41, 5.74) is 2.93. The molecule has 0 radical (unpaired) electrons. The van der Waals surface area contributed by atoms with Gasteiger partial charge in [0.25, 0.3) is 5.56 Å². The van der Waals surface area contributed by atoms with Crippen molar-refractivity contribution in [2.75, 3.05) is 0 Å². The van der Waals surface area contributed by atoms with Gasteiger partial charge in [-0.05, 0) is 30.2 Å². The Balaban J connectivity index is 1.82. The van der Waals surface area contributed by atoms with Gasteiger partial charge in [0, 0.05) is 19.0 Å². The van der Waals surface area contributed by atoms with Crippen molar-refractivity contribution in [2.45, 2.75) is 13.0 Å². The van der Waals surface area contributed by atoms with E-state index in [2.05, 4.69) is 4.98 Å². The lowest BCUT2D eigenvalue weighted by Crippen LogP contribution is -2.22. The summed E-state index contributed by atoms with van der Waals surface area (Å²) in [5, 5.41) is 0.666. The summed E-state index contributed by atoms with van der Waals surface area (Å²) >= 11 is 0. The Morgan fingerprint density at radius 2 is 1.92 bits per heavy atom. The molecule has 4 rings (SSSR count). The minimum Gasteiger partial charge on any atom is -0.338 e. The van der Waals surface area contributed by atoms with Gasteiger partial charge in [-0.1, -0.05) is 30.3 Å². The van der Waals surface area contributed by atoms with Crippen molar-refractivity contribution in [1.29, 1.82) is 0 Å². The maximum Gasteiger partial charge on any atom is 0.277 e. The van der Waals surface area contributed by atoms with Gasteiger partial charge in [-0.15, -0.1) is 0 Å². The van der Waals surface area contributed by atoms with Gasteiger partial charge in [0.1, 0.15) is 16.9 Å². The number of nitrogens with zero attached hydrogens (tertiary/aromatic N) is 3. The number of rotatable bonds is 3. The Kier molecular flexibility index (Phi) is 3.41. The zero-order valence-corrected chi connectivity index (χ0v) is 13.2. The van der Waals surface area contributed by atoms with Gasteiger partial charge in [-0.3, -0.25) is 9.36 Å². The zero-order chi connectivity index (χ0) is 16.7. The van der Waals surface area contributed by atoms with E-state index in [0.29, 0.717) is 23.0 Å². The van der Waals surface area contributed by atoms with Crippen molar-refractivity contribution >= 4 is 21.9 Å². The van der Waals surface area contributed by atoms with Crippen LogP contribution in [0.25, 0.3) is 21.9 Å². The van der Waals surface area contributed by atoms with Gasteiger partial charge in [0.15, 0.2) is 0 Å². The third kappa shape index (κ3) is 2.29. The molecule has 0 aliphatic rings. The highest BCUT2D eigenvalue weighted by Gasteiger charge is 2.14. The molecule has 0 atom stereocenters. The Morgan fingerprint density at radius 1 is 1.12 bits per heavy atom. The van der Waals surface area contributed by atoms with Crippen molar-refractivity contribution in [3.63, 3.8) is 0 Å². The first-order valence-corrected chi connectivity index (χ1v) is 7.82. The second-order valence-corrected chi connectivity index (χ2v) is 5.90. The minimum atomic E-state index is -0.329. The summed E-state index contributed by atoms with van der Waals surface area (Å²) in [6.45, 7) is 0.557. The summed E-state index contributed by atoms with van der Waals surface area (Å²) in [6.07, 6.45) is 2.31. The maximum absolute atomic E-state index is 13.5. The zero-order valence-electron chi connectivity index (χ0n) is 13.2. The first-order chi connectivity index (χ1) is 11.6. The quantitative estimate of drug-likeness (QED) is 0.581. The van der Waals surface area contributed by atoms with Crippen LogP contribution in [0.4, 0.5) is 4.39 Å². The molecule has 2 aromatic carbocycles. The lowest BCUT2D eigenvalue weighted by molar-refractivity contribution is 0.629. The lowest BCUT2D eigenvalue weighted by Gasteiger charge is -2.06. The topological polar surface area (TPSA) is 39.8 Å². The van der Waals surface area contributed by atoms with Gasteiger partial charge >= 0.3 is 0 Å². The summed E-state index contributed by atoms with van der Waals surface area (Å²) in [6, 6.07) is 14.5. The van der Waals surface area contributed by atoms with Gasteiger partial charge in [-0.2, -0.15) is 0 Å². The van der Waals surface area contributed by atoms with Crippen LogP contribution in [0.1, 0.15) is 5.56 Å². The van der Waals surface area contributed by atoms with E-state index in [1.807, 2.05) is 37.4 Å². The van der Waals surface area contributed by atoms with E-state index in [-0.39, 0.29) is 11.4 Å². The monoisotopic (exact) mass is 321 g/mol. The van der Waals surface area contributed by atoms with Gasteiger partial charge < -0.3 is 4.57 Å². The van der Waals surface area contributed by atoms with Crippen LogP contribution in [0.3, 0.4) is 0 Å². The summed E-state index contributed by atoms with van der Waals surface area (Å²) in [4.78, 5) is 17.3. The number of fused-ring (bicyclic) bond motifs is 3. The largest absolute Gasteiger partial charge is 0.338 e. The number of aryl methyl sites for hydroxylation is 3. The van der Waals surface area contributed by atoms with Gasteiger partial charge in [0.05, 0.1) is 11.8 Å². The SMILES string of the molecule is Cn1c2ccc(F)cc2c2ncn(CCc3ccccc3)c(=O)c21. The fourth-order valence-electron chi connectivity index (χ4n) is 3.14. The average Bonchev–Trinajstić information content (AvgIpc) is 2.88. The van der Waals surface area contributed by atoms with Crippen molar-refractivity contribution in [2.24, 2.45) is 7.05 Å². The highest BCUT2D eigenvalue weighted by molar-refractivity contribution is 6.05. The third-order valence-corrected chi connectivity index (χ3v) is 4.41. The Bertz CT molecular complexity index is 1100. The van der Waals surface area contributed by atoms with Crippen molar-refractivity contribution < 1.29 is 4.39 Å². The highest BCUT2D eigenvalue weighted by atomic mass is 19.1. The predicted molar refractivity (Wildman–Crippen MR) is 92.6 cm³/mol. The molecule has 0 N–H and O–H groups in total. The first kappa shape index (κ1) is 14.6. The van der Waals surface area contributed by atoms with Crippen LogP contribution in [0, 0.1) is 5.82 Å². The van der Waals surface area contributed by atoms with Gasteiger partial charge in [-0.25, -0.2) is 9.37 Å². The van der Waals surface area contributed by atoms with Crippen LogP contribution in [0.5, 0.6) is 0 Å². The minimum absolute atomic E-state index is 0.102. The lowest BCUT2D eigenvalue weighted by atomic mass is 10.1. The normalized spacial score (nSPS) is 11.4. The first-order valence-electron chi connectivity index (χ1n) is 7.82. The van der Waals surface area contributed by atoms with Crippen LogP contribution in [-0.2, 0) is 20.0 Å². The summed E-state index contributed by atoms with van der Waals surface area (Å²) in [5.74, 6) is -0.329. The molecule has 0 aliphatic heterocycles. The molecule has 0 spiro atoms. The smallest absolute Gasteiger partial charge is 0.277 e. The van der Waals surface area contributed by atoms with E-state index >= 15 is 0 Å². The molecule has 120 valence electrons. The van der Waals surface area contributed by atoms with Crippen LogP contribution in [0.15, 0.2) is 59.7 Å². The molecule has 4 nitrogen and oxygen atoms in total. The van der Waals surface area contributed by atoms with Crippen molar-refractivity contribution in [1.82, 2.24) is 14.1 Å². The van der Waals surface area contributed by atoms with Crippen LogP contribution >= 0.6 is 0 Å². The summed E-state index contributed by atoms with van der Waals surface area (Å²) < 4.78 is 16.9. The van der Waals surface area contributed by atoms with Gasteiger partial charge in [0.2, 0.25) is 0 Å². The molecule has 0 amide bonds. The van der Waals surface area contributed by atoms with Crippen molar-refractivity contribution in [3.8, 4) is 0 Å². The van der Waals surface area contributed by atoms with E-state index in [1.54, 1.807) is 21.5 Å². The molecule has 0 fully saturated rings. The fraction of sp³-hybridized carbons (Fsp3) is 0.158. The van der Waals surface area contributed by atoms with E-state index in [9.17, 15) is 9.18 Å². The third-order valence-electron chi connectivity index (χ3n) is 4.41. The Morgan fingerprint density at radius 3 is 2.71 bits per heavy atom. The molecular formula is C19H16FN3O. The molecule has 24 heavy (non-hydrogen) atoms. The molecule has 0 saturated heterocycles. The van der Waals surface area contributed by atoms with E-state index in [4.69, 9.17) is 0 Å². The molecule has 0 unspecified atom stereocenters. The standard InChI is InChI=1S/C19H16FN3O/c1-22-16-8-7-14(20)11-15(16)17-18(22)19(24)23(12-21-17)10-9-13-5-3-2-4-6-13/h2-8,11-12H,9-10H2,1H3. The van der Waals surface area contributed by atoms with Crippen LogP contribution in [-0.4, -0.2) is 14.1 Å². The second-order valence-electron chi connectivity index (χ2n) is 5.90. The van der Waals surface area contributed by atoms with E-state index in [1.165, 1.54) is 17.7 Å². The number of hydrogen-bond acceptors (Lipinski definition) is 2. The molecule has 5 heteroatoms. The Labute approximate surface area is 137 Å². The number of hydrogen-bond donors (Lipinski definition) is 0. The van der Waals surface area contributed by atoms with Crippen LogP contribution < -0.4 is 5.56 Å². The molecule has 0 aliphatic carbocycles. The number of halogens is 1. The fourth-order valence-corrected chi connectivity index (χ4v) is 3.14. The molecular weight excluding hydrogens is 305 g/mol. The second kappa shape index (κ2) is 5.60. The molecule has 2 heterocycles. The summed E-state index contributed by atoms with van der Waals surface area (Å²) in [7, 11) is 1.81. The van der Waals surface area contributed by atoms with Crippen LogP contribution in [0.2, 0.25) is 0 Å². The molecule has 0 saturated carbocycles. The van der Waals surface area contributed by atoms with E-state index < -0.39 is 0 Å². The number of benzene rings is 2. The predicted octanol–water partition coefficient (Wildman–Crippen LogP) is 3.27. The number of aromatic nitrogens is 3. The van der Waals surface area contributed by atoms with E-state index in [0.717, 1.165) is 11.9 Å².